The van der Waals surface area contributed by atoms with Crippen molar-refractivity contribution in [3.8, 4) is 11.5 Å². The van der Waals surface area contributed by atoms with Crippen molar-refractivity contribution in [2.45, 2.75) is 65.0 Å². The zero-order chi connectivity index (χ0) is 15.3. The molecule has 0 spiro atoms. The molecule has 1 unspecified atom stereocenters. The fourth-order valence-corrected chi connectivity index (χ4v) is 2.92. The summed E-state index contributed by atoms with van der Waals surface area (Å²) < 4.78 is 11.7. The number of unbranched alkanes of at least 4 members (excludes halogenated alkanes) is 2. The van der Waals surface area contributed by atoms with Crippen LogP contribution in [0.5, 0.6) is 11.5 Å². The van der Waals surface area contributed by atoms with E-state index in [0.717, 1.165) is 24.5 Å². The van der Waals surface area contributed by atoms with E-state index in [9.17, 15) is 0 Å². The Kier molecular flexibility index (Phi) is 5.51. The minimum absolute atomic E-state index is 0.139. The van der Waals surface area contributed by atoms with Gasteiger partial charge in [-0.05, 0) is 39.8 Å². The molecule has 0 radical (unpaired) electrons. The maximum absolute atomic E-state index is 6.14. The molecule has 0 saturated carbocycles. The standard InChI is InChI=1S/C18H29NO2/c1-5-7-8-11-19-16-13-18(3,4)21-17-12-14(20-6-2)9-10-15(16)17/h9-10,12,16,19H,5-8,11,13H2,1-4H3. The number of nitrogens with one attached hydrogen (secondary N) is 1. The zero-order valence-electron chi connectivity index (χ0n) is 13.9. The average Bonchev–Trinajstić information content (AvgIpc) is 2.42. The summed E-state index contributed by atoms with van der Waals surface area (Å²) in [6.45, 7) is 10.3. The number of hydrogen-bond donors (Lipinski definition) is 1. The van der Waals surface area contributed by atoms with Gasteiger partial charge in [0.1, 0.15) is 17.1 Å². The fraction of sp³-hybridized carbons (Fsp3) is 0.667. The number of fused-ring (bicyclic) bond motifs is 1. The molecule has 1 atom stereocenters. The molecular formula is C18H29NO2. The van der Waals surface area contributed by atoms with Crippen LogP contribution in [0.25, 0.3) is 0 Å². The fourth-order valence-electron chi connectivity index (χ4n) is 2.92. The lowest BCUT2D eigenvalue weighted by molar-refractivity contribution is 0.0656. The highest BCUT2D eigenvalue weighted by Crippen LogP contribution is 2.41. The Balaban J connectivity index is 2.12. The smallest absolute Gasteiger partial charge is 0.128 e. The summed E-state index contributed by atoms with van der Waals surface area (Å²) in [5.74, 6) is 1.85. The molecule has 0 aliphatic carbocycles. The van der Waals surface area contributed by atoms with Crippen molar-refractivity contribution in [1.29, 1.82) is 0 Å². The molecule has 1 heterocycles. The third-order valence-electron chi connectivity index (χ3n) is 3.92. The van der Waals surface area contributed by atoms with Gasteiger partial charge in [-0.2, -0.15) is 0 Å². The van der Waals surface area contributed by atoms with Gasteiger partial charge in [-0.3, -0.25) is 0 Å². The zero-order valence-corrected chi connectivity index (χ0v) is 13.9. The molecule has 1 aliphatic rings. The maximum atomic E-state index is 6.14. The normalized spacial score (nSPS) is 19.7. The van der Waals surface area contributed by atoms with Crippen molar-refractivity contribution >= 4 is 0 Å². The number of benzene rings is 1. The second kappa shape index (κ2) is 7.17. The molecule has 0 aromatic heterocycles. The van der Waals surface area contributed by atoms with Crippen molar-refractivity contribution in [3.63, 3.8) is 0 Å². The van der Waals surface area contributed by atoms with Gasteiger partial charge in [-0.15, -0.1) is 0 Å². The van der Waals surface area contributed by atoms with Gasteiger partial charge in [-0.25, -0.2) is 0 Å². The summed E-state index contributed by atoms with van der Waals surface area (Å²) in [5, 5.41) is 3.70. The van der Waals surface area contributed by atoms with Gasteiger partial charge in [0.2, 0.25) is 0 Å². The molecule has 1 aromatic carbocycles. The van der Waals surface area contributed by atoms with Crippen LogP contribution in [0, 0.1) is 0 Å². The van der Waals surface area contributed by atoms with E-state index in [1.807, 2.05) is 19.1 Å². The van der Waals surface area contributed by atoms with Gasteiger partial charge in [-0.1, -0.05) is 25.8 Å². The highest BCUT2D eigenvalue weighted by atomic mass is 16.5. The van der Waals surface area contributed by atoms with Gasteiger partial charge in [0.05, 0.1) is 6.61 Å². The largest absolute Gasteiger partial charge is 0.494 e. The quantitative estimate of drug-likeness (QED) is 0.752. The van der Waals surface area contributed by atoms with E-state index in [1.54, 1.807) is 0 Å². The van der Waals surface area contributed by atoms with Gasteiger partial charge >= 0.3 is 0 Å². The number of ether oxygens (including phenoxy) is 2. The molecule has 1 aliphatic heterocycles. The Bertz CT molecular complexity index is 457. The lowest BCUT2D eigenvalue weighted by atomic mass is 9.89. The van der Waals surface area contributed by atoms with Crippen LogP contribution in [0.15, 0.2) is 18.2 Å². The molecule has 118 valence electrons. The highest BCUT2D eigenvalue weighted by molar-refractivity contribution is 5.44. The number of rotatable bonds is 7. The van der Waals surface area contributed by atoms with E-state index < -0.39 is 0 Å². The predicted molar refractivity (Wildman–Crippen MR) is 87.2 cm³/mol. The van der Waals surface area contributed by atoms with E-state index >= 15 is 0 Å². The summed E-state index contributed by atoms with van der Waals surface area (Å²) in [4.78, 5) is 0. The summed E-state index contributed by atoms with van der Waals surface area (Å²) >= 11 is 0. The molecule has 0 bridgehead atoms. The minimum atomic E-state index is -0.139. The van der Waals surface area contributed by atoms with Crippen LogP contribution < -0.4 is 14.8 Å². The van der Waals surface area contributed by atoms with Crippen molar-refractivity contribution in [3.05, 3.63) is 23.8 Å². The molecule has 0 fully saturated rings. The van der Waals surface area contributed by atoms with Crippen LogP contribution in [-0.4, -0.2) is 18.8 Å². The lowest BCUT2D eigenvalue weighted by Gasteiger charge is -2.38. The van der Waals surface area contributed by atoms with Crippen LogP contribution in [-0.2, 0) is 0 Å². The monoisotopic (exact) mass is 291 g/mol. The van der Waals surface area contributed by atoms with E-state index in [1.165, 1.54) is 24.8 Å². The van der Waals surface area contributed by atoms with E-state index in [0.29, 0.717) is 12.6 Å². The minimum Gasteiger partial charge on any atom is -0.494 e. The Morgan fingerprint density at radius 1 is 1.29 bits per heavy atom. The second-order valence-electron chi connectivity index (χ2n) is 6.41. The Hall–Kier alpha value is -1.22. The first-order valence-corrected chi connectivity index (χ1v) is 8.25. The topological polar surface area (TPSA) is 30.5 Å². The first-order chi connectivity index (χ1) is 10.1. The van der Waals surface area contributed by atoms with Crippen LogP contribution in [0.4, 0.5) is 0 Å². The molecular weight excluding hydrogens is 262 g/mol. The van der Waals surface area contributed by atoms with E-state index in [2.05, 4.69) is 32.2 Å². The van der Waals surface area contributed by atoms with Crippen molar-refractivity contribution < 1.29 is 9.47 Å². The van der Waals surface area contributed by atoms with E-state index in [-0.39, 0.29) is 5.60 Å². The lowest BCUT2D eigenvalue weighted by Crippen LogP contribution is -2.39. The molecule has 3 heteroatoms. The van der Waals surface area contributed by atoms with Crippen molar-refractivity contribution in [2.75, 3.05) is 13.2 Å². The van der Waals surface area contributed by atoms with E-state index in [4.69, 9.17) is 9.47 Å². The summed E-state index contributed by atoms with van der Waals surface area (Å²) in [6, 6.07) is 6.59. The Morgan fingerprint density at radius 3 is 2.81 bits per heavy atom. The SMILES string of the molecule is CCCCCNC1CC(C)(C)Oc2cc(OCC)ccc21. The Labute approximate surface area is 129 Å². The Morgan fingerprint density at radius 2 is 2.10 bits per heavy atom. The molecule has 0 saturated heterocycles. The summed E-state index contributed by atoms with van der Waals surface area (Å²) in [5.41, 5.74) is 1.12. The van der Waals surface area contributed by atoms with Crippen molar-refractivity contribution in [2.24, 2.45) is 0 Å². The summed E-state index contributed by atoms with van der Waals surface area (Å²) in [7, 11) is 0. The van der Waals surface area contributed by atoms with Crippen molar-refractivity contribution in [1.82, 2.24) is 5.32 Å². The van der Waals surface area contributed by atoms with Gasteiger partial charge in [0.15, 0.2) is 0 Å². The molecule has 21 heavy (non-hydrogen) atoms. The molecule has 1 N–H and O–H groups in total. The summed E-state index contributed by atoms with van der Waals surface area (Å²) in [6.07, 6.45) is 4.78. The first-order valence-electron chi connectivity index (χ1n) is 8.25. The molecule has 0 amide bonds. The average molecular weight is 291 g/mol. The predicted octanol–water partition coefficient (Wildman–Crippen LogP) is 4.47. The van der Waals surface area contributed by atoms with Gasteiger partial charge < -0.3 is 14.8 Å². The van der Waals surface area contributed by atoms with Crippen LogP contribution in [0.1, 0.15) is 65.0 Å². The number of hydrogen-bond acceptors (Lipinski definition) is 3. The second-order valence-corrected chi connectivity index (χ2v) is 6.41. The van der Waals surface area contributed by atoms with Crippen LogP contribution >= 0.6 is 0 Å². The van der Waals surface area contributed by atoms with Crippen LogP contribution in [0.2, 0.25) is 0 Å². The third kappa shape index (κ3) is 4.37. The highest BCUT2D eigenvalue weighted by Gasteiger charge is 2.33. The van der Waals surface area contributed by atoms with Crippen LogP contribution in [0.3, 0.4) is 0 Å². The van der Waals surface area contributed by atoms with Gasteiger partial charge in [0, 0.05) is 24.1 Å². The molecule has 2 rings (SSSR count). The molecule has 1 aromatic rings. The van der Waals surface area contributed by atoms with Gasteiger partial charge in [0.25, 0.3) is 0 Å². The molecule has 3 nitrogen and oxygen atoms in total. The third-order valence-corrected chi connectivity index (χ3v) is 3.92. The first kappa shape index (κ1) is 16.2. The maximum Gasteiger partial charge on any atom is 0.128 e.